The van der Waals surface area contributed by atoms with E-state index in [0.29, 0.717) is 25.9 Å². The fourth-order valence-electron chi connectivity index (χ4n) is 3.02. The molecular weight excluding hydrogens is 324 g/mol. The fraction of sp³-hybridized carbons (Fsp3) is 0.571. The van der Waals surface area contributed by atoms with Gasteiger partial charge in [0.05, 0.1) is 11.5 Å². The lowest BCUT2D eigenvalue weighted by atomic mass is 10.0. The Balaban J connectivity index is 1.62. The summed E-state index contributed by atoms with van der Waals surface area (Å²) in [6.45, 7) is 1.02. The van der Waals surface area contributed by atoms with Gasteiger partial charge < -0.3 is 0 Å². The molecule has 0 amide bonds. The van der Waals surface area contributed by atoms with Gasteiger partial charge in [0, 0.05) is 19.6 Å². The maximum atomic E-state index is 12.4. The quantitative estimate of drug-likeness (QED) is 0.852. The van der Waals surface area contributed by atoms with E-state index < -0.39 is 20.0 Å². The van der Waals surface area contributed by atoms with E-state index in [9.17, 15) is 16.8 Å². The molecular formula is C14H20N2O4S2. The monoisotopic (exact) mass is 344 g/mol. The second kappa shape index (κ2) is 5.92. The average Bonchev–Trinajstić information content (AvgIpc) is 2.84. The third-order valence-electron chi connectivity index (χ3n) is 4.32. The van der Waals surface area contributed by atoms with Crippen LogP contribution in [0.25, 0.3) is 0 Å². The van der Waals surface area contributed by atoms with E-state index in [1.807, 2.05) is 24.3 Å². The summed E-state index contributed by atoms with van der Waals surface area (Å²) in [5.41, 5.74) is 2.22. The summed E-state index contributed by atoms with van der Waals surface area (Å²) in [7, 11) is -6.54. The van der Waals surface area contributed by atoms with Crippen molar-refractivity contribution in [3.05, 3.63) is 35.4 Å². The predicted octanol–water partition coefficient (Wildman–Crippen LogP) is 0.314. The molecule has 1 saturated heterocycles. The molecule has 1 atom stereocenters. The van der Waals surface area contributed by atoms with Crippen molar-refractivity contribution in [2.24, 2.45) is 5.92 Å². The first-order valence-corrected chi connectivity index (χ1v) is 10.6. The normalized spacial score (nSPS) is 25.0. The highest BCUT2D eigenvalue weighted by Crippen LogP contribution is 2.21. The van der Waals surface area contributed by atoms with E-state index in [1.165, 1.54) is 9.87 Å². The predicted molar refractivity (Wildman–Crippen MR) is 84.2 cm³/mol. The standard InChI is InChI=1S/C14H20N2O4S2/c17-21(18)8-6-12(11-21)9-15-22(19,20)16-7-5-13-3-1-2-4-14(13)10-16/h1-4,12,15H,5-11H2/t12-/m1/s1. The number of nitrogens with one attached hydrogen (secondary N) is 1. The van der Waals surface area contributed by atoms with E-state index in [2.05, 4.69) is 4.72 Å². The molecule has 0 bridgehead atoms. The molecule has 0 unspecified atom stereocenters. The fourth-order valence-corrected chi connectivity index (χ4v) is 6.15. The van der Waals surface area contributed by atoms with Crippen molar-refractivity contribution in [2.75, 3.05) is 24.6 Å². The second-order valence-electron chi connectivity index (χ2n) is 5.97. The maximum Gasteiger partial charge on any atom is 0.279 e. The Hall–Kier alpha value is -0.960. The Bertz CT molecular complexity index is 759. The number of hydrogen-bond donors (Lipinski definition) is 1. The van der Waals surface area contributed by atoms with Crippen LogP contribution in [0.1, 0.15) is 17.5 Å². The van der Waals surface area contributed by atoms with Crippen molar-refractivity contribution in [3.8, 4) is 0 Å². The zero-order valence-electron chi connectivity index (χ0n) is 12.2. The Labute approximate surface area is 131 Å². The van der Waals surface area contributed by atoms with Gasteiger partial charge in [0.25, 0.3) is 10.2 Å². The smallest absolute Gasteiger partial charge is 0.229 e. The lowest BCUT2D eigenvalue weighted by Gasteiger charge is -2.28. The van der Waals surface area contributed by atoms with E-state index >= 15 is 0 Å². The lowest BCUT2D eigenvalue weighted by molar-refractivity contribution is 0.381. The molecule has 1 aromatic carbocycles. The molecule has 122 valence electrons. The molecule has 6 nitrogen and oxygen atoms in total. The van der Waals surface area contributed by atoms with Gasteiger partial charge in [0.15, 0.2) is 9.84 Å². The molecule has 0 radical (unpaired) electrons. The Morgan fingerprint density at radius 2 is 1.95 bits per heavy atom. The van der Waals surface area contributed by atoms with Crippen LogP contribution in [-0.4, -0.2) is 45.7 Å². The number of hydrogen-bond acceptors (Lipinski definition) is 4. The molecule has 2 aliphatic heterocycles. The van der Waals surface area contributed by atoms with Crippen molar-refractivity contribution < 1.29 is 16.8 Å². The summed E-state index contributed by atoms with van der Waals surface area (Å²) >= 11 is 0. The molecule has 0 saturated carbocycles. The minimum absolute atomic E-state index is 0.0817. The summed E-state index contributed by atoms with van der Waals surface area (Å²) in [6.07, 6.45) is 1.24. The molecule has 2 heterocycles. The van der Waals surface area contributed by atoms with E-state index in [1.54, 1.807) is 0 Å². The van der Waals surface area contributed by atoms with Crippen LogP contribution in [0.3, 0.4) is 0 Å². The van der Waals surface area contributed by atoms with Crippen LogP contribution < -0.4 is 4.72 Å². The minimum Gasteiger partial charge on any atom is -0.229 e. The highest BCUT2D eigenvalue weighted by molar-refractivity contribution is 7.91. The molecule has 0 aromatic heterocycles. The van der Waals surface area contributed by atoms with Gasteiger partial charge in [-0.2, -0.15) is 12.7 Å². The van der Waals surface area contributed by atoms with Crippen molar-refractivity contribution in [3.63, 3.8) is 0 Å². The van der Waals surface area contributed by atoms with Crippen LogP contribution in [0.2, 0.25) is 0 Å². The van der Waals surface area contributed by atoms with E-state index in [-0.39, 0.29) is 24.0 Å². The van der Waals surface area contributed by atoms with Crippen molar-refractivity contribution in [1.29, 1.82) is 0 Å². The van der Waals surface area contributed by atoms with Crippen molar-refractivity contribution >= 4 is 20.0 Å². The minimum atomic E-state index is -3.56. The first kappa shape index (κ1) is 15.9. The number of sulfone groups is 1. The summed E-state index contributed by atoms with van der Waals surface area (Å²) in [4.78, 5) is 0. The average molecular weight is 344 g/mol. The van der Waals surface area contributed by atoms with Gasteiger partial charge in [-0.3, -0.25) is 0 Å². The van der Waals surface area contributed by atoms with Crippen LogP contribution in [0, 0.1) is 5.92 Å². The van der Waals surface area contributed by atoms with Gasteiger partial charge in [-0.15, -0.1) is 0 Å². The molecule has 0 aliphatic carbocycles. The zero-order chi connectivity index (χ0) is 15.8. The topological polar surface area (TPSA) is 83.5 Å². The maximum absolute atomic E-state index is 12.4. The SMILES string of the molecule is O=S1(=O)CC[C@H](CNS(=O)(=O)N2CCc3ccccc3C2)C1. The molecule has 22 heavy (non-hydrogen) atoms. The largest absolute Gasteiger partial charge is 0.279 e. The Kier molecular flexibility index (Phi) is 4.28. The third kappa shape index (κ3) is 3.51. The zero-order valence-corrected chi connectivity index (χ0v) is 13.9. The number of fused-ring (bicyclic) bond motifs is 1. The van der Waals surface area contributed by atoms with Crippen LogP contribution in [0.5, 0.6) is 0 Å². The van der Waals surface area contributed by atoms with Crippen LogP contribution >= 0.6 is 0 Å². The van der Waals surface area contributed by atoms with Crippen LogP contribution in [0.15, 0.2) is 24.3 Å². The first-order valence-electron chi connectivity index (χ1n) is 7.38. The number of nitrogens with zero attached hydrogens (tertiary/aromatic N) is 1. The molecule has 1 fully saturated rings. The molecule has 8 heteroatoms. The molecule has 1 aromatic rings. The van der Waals surface area contributed by atoms with Crippen molar-refractivity contribution in [2.45, 2.75) is 19.4 Å². The summed E-state index contributed by atoms with van der Waals surface area (Å²) in [5, 5.41) is 0. The number of rotatable bonds is 4. The molecule has 1 N–H and O–H groups in total. The molecule has 0 spiro atoms. The second-order valence-corrected chi connectivity index (χ2v) is 9.96. The van der Waals surface area contributed by atoms with Crippen LogP contribution in [-0.2, 0) is 33.0 Å². The Morgan fingerprint density at radius 1 is 1.23 bits per heavy atom. The number of benzene rings is 1. The summed E-state index contributed by atoms with van der Waals surface area (Å²) in [6, 6.07) is 7.84. The van der Waals surface area contributed by atoms with Gasteiger partial charge in [0.1, 0.15) is 0 Å². The summed E-state index contributed by atoms with van der Waals surface area (Å²) in [5.74, 6) is 0.131. The highest BCUT2D eigenvalue weighted by Gasteiger charge is 2.31. The highest BCUT2D eigenvalue weighted by atomic mass is 32.2. The van der Waals surface area contributed by atoms with Gasteiger partial charge in [0.2, 0.25) is 0 Å². The van der Waals surface area contributed by atoms with E-state index in [0.717, 1.165) is 5.56 Å². The van der Waals surface area contributed by atoms with Gasteiger partial charge in [-0.25, -0.2) is 13.1 Å². The Morgan fingerprint density at radius 3 is 2.64 bits per heavy atom. The van der Waals surface area contributed by atoms with E-state index in [4.69, 9.17) is 0 Å². The first-order chi connectivity index (χ1) is 10.4. The summed E-state index contributed by atoms with van der Waals surface area (Å²) < 4.78 is 51.6. The van der Waals surface area contributed by atoms with Gasteiger partial charge in [-0.1, -0.05) is 24.3 Å². The molecule has 3 rings (SSSR count). The van der Waals surface area contributed by atoms with Crippen LogP contribution in [0.4, 0.5) is 0 Å². The van der Waals surface area contributed by atoms with Crippen molar-refractivity contribution in [1.82, 2.24) is 9.03 Å². The van der Waals surface area contributed by atoms with Gasteiger partial charge in [-0.05, 0) is 29.9 Å². The third-order valence-corrected chi connectivity index (χ3v) is 7.68. The van der Waals surface area contributed by atoms with Gasteiger partial charge >= 0.3 is 0 Å². The lowest BCUT2D eigenvalue weighted by Crippen LogP contribution is -2.44. The molecule has 2 aliphatic rings.